The molecule has 6 nitrogen and oxygen atoms in total. The lowest BCUT2D eigenvalue weighted by molar-refractivity contribution is -0.139. The van der Waals surface area contributed by atoms with Gasteiger partial charge in [0, 0.05) is 25.6 Å². The van der Waals surface area contributed by atoms with Crippen molar-refractivity contribution in [2.24, 2.45) is 5.92 Å². The molecule has 0 saturated carbocycles. The summed E-state index contributed by atoms with van der Waals surface area (Å²) in [6.07, 6.45) is -3.63. The van der Waals surface area contributed by atoms with E-state index in [2.05, 4.69) is 5.32 Å². The molecule has 1 aliphatic heterocycles. The van der Waals surface area contributed by atoms with Crippen molar-refractivity contribution in [2.45, 2.75) is 30.3 Å². The summed E-state index contributed by atoms with van der Waals surface area (Å²) in [4.78, 5) is 11.7. The molecular weight excluding hydrogens is 445 g/mol. The third kappa shape index (κ3) is 5.60. The third-order valence-corrected chi connectivity index (χ3v) is 7.46. The van der Waals surface area contributed by atoms with Gasteiger partial charge in [0.05, 0.1) is 17.6 Å². The number of nitrogens with zero attached hydrogens (tertiary/aromatic N) is 1. The maximum atomic E-state index is 13.3. The maximum Gasteiger partial charge on any atom is 0.417 e. The van der Waals surface area contributed by atoms with Crippen molar-refractivity contribution in [2.75, 3.05) is 26.7 Å². The van der Waals surface area contributed by atoms with Crippen LogP contribution in [0.3, 0.4) is 0 Å². The van der Waals surface area contributed by atoms with Crippen LogP contribution in [-0.4, -0.2) is 45.4 Å². The Morgan fingerprint density at radius 3 is 2.31 bits per heavy atom. The molecule has 2 aromatic rings. The van der Waals surface area contributed by atoms with Crippen LogP contribution in [0.2, 0.25) is 0 Å². The SMILES string of the molecule is COc1ccc(CCNC(=O)C2CCN(S(=O)(=O)c3ccccc3C(F)(F)F)CC2)cc1. The molecule has 0 spiro atoms. The minimum atomic E-state index is -4.77. The molecule has 1 heterocycles. The maximum absolute atomic E-state index is 13.3. The summed E-state index contributed by atoms with van der Waals surface area (Å²) in [7, 11) is -2.73. The van der Waals surface area contributed by atoms with Gasteiger partial charge in [0.1, 0.15) is 5.75 Å². The average molecular weight is 471 g/mol. The van der Waals surface area contributed by atoms with Crippen LogP contribution in [-0.2, 0) is 27.4 Å². The first kappa shape index (κ1) is 24.1. The minimum Gasteiger partial charge on any atom is -0.497 e. The van der Waals surface area contributed by atoms with Crippen molar-refractivity contribution in [3.8, 4) is 5.75 Å². The van der Waals surface area contributed by atoms with Crippen molar-refractivity contribution in [3.05, 3.63) is 59.7 Å². The largest absolute Gasteiger partial charge is 0.497 e. The molecule has 0 bridgehead atoms. The number of halogens is 3. The number of carbonyl (C=O) groups excluding carboxylic acids is 1. The van der Waals surface area contributed by atoms with Crippen molar-refractivity contribution in [1.29, 1.82) is 0 Å². The summed E-state index contributed by atoms with van der Waals surface area (Å²) >= 11 is 0. The highest BCUT2D eigenvalue weighted by Gasteiger charge is 2.40. The quantitative estimate of drug-likeness (QED) is 0.673. The number of piperidine rings is 1. The first-order valence-electron chi connectivity index (χ1n) is 10.2. The van der Waals surface area contributed by atoms with Gasteiger partial charge in [0.2, 0.25) is 15.9 Å². The van der Waals surface area contributed by atoms with Gasteiger partial charge in [-0.15, -0.1) is 0 Å². The number of alkyl halides is 3. The summed E-state index contributed by atoms with van der Waals surface area (Å²) in [6.45, 7) is 0.415. The fourth-order valence-corrected chi connectivity index (χ4v) is 5.37. The second-order valence-electron chi connectivity index (χ2n) is 7.56. The molecule has 0 radical (unpaired) electrons. The molecule has 10 heteroatoms. The van der Waals surface area contributed by atoms with E-state index in [1.807, 2.05) is 24.3 Å². The van der Waals surface area contributed by atoms with Gasteiger partial charge in [-0.3, -0.25) is 4.79 Å². The van der Waals surface area contributed by atoms with Crippen LogP contribution in [0.1, 0.15) is 24.0 Å². The van der Waals surface area contributed by atoms with E-state index in [1.165, 1.54) is 6.07 Å². The number of hydrogen-bond donors (Lipinski definition) is 1. The molecule has 3 rings (SSSR count). The molecule has 1 saturated heterocycles. The molecule has 0 aromatic heterocycles. The minimum absolute atomic E-state index is 0.00884. The lowest BCUT2D eigenvalue weighted by Gasteiger charge is -2.31. The molecule has 174 valence electrons. The Morgan fingerprint density at radius 1 is 1.09 bits per heavy atom. The Bertz CT molecular complexity index is 1030. The number of ether oxygens (including phenoxy) is 1. The number of carbonyl (C=O) groups is 1. The molecule has 1 N–H and O–H groups in total. The Morgan fingerprint density at radius 2 is 1.72 bits per heavy atom. The van der Waals surface area contributed by atoms with Gasteiger partial charge in [0.15, 0.2) is 0 Å². The molecule has 32 heavy (non-hydrogen) atoms. The van der Waals surface area contributed by atoms with Gasteiger partial charge in [-0.1, -0.05) is 24.3 Å². The fraction of sp³-hybridized carbons (Fsp3) is 0.409. The van der Waals surface area contributed by atoms with E-state index >= 15 is 0 Å². The van der Waals surface area contributed by atoms with Crippen LogP contribution >= 0.6 is 0 Å². The van der Waals surface area contributed by atoms with Gasteiger partial charge in [-0.2, -0.15) is 17.5 Å². The predicted octanol–water partition coefficient (Wildman–Crippen LogP) is 3.47. The number of rotatable bonds is 7. The van der Waals surface area contributed by atoms with Crippen LogP contribution < -0.4 is 10.1 Å². The average Bonchev–Trinajstić information content (AvgIpc) is 2.79. The summed E-state index contributed by atoms with van der Waals surface area (Å²) in [5.41, 5.74) is -0.145. The van der Waals surface area contributed by atoms with Crippen molar-refractivity contribution < 1.29 is 31.1 Å². The van der Waals surface area contributed by atoms with Crippen LogP contribution in [0.4, 0.5) is 13.2 Å². The zero-order valence-electron chi connectivity index (χ0n) is 17.6. The molecule has 1 fully saturated rings. The van der Waals surface area contributed by atoms with Gasteiger partial charge in [-0.25, -0.2) is 8.42 Å². The van der Waals surface area contributed by atoms with Crippen LogP contribution in [0.25, 0.3) is 0 Å². The number of hydrogen-bond acceptors (Lipinski definition) is 4. The number of sulfonamides is 1. The Hall–Kier alpha value is -2.59. The lowest BCUT2D eigenvalue weighted by atomic mass is 9.97. The normalized spacial score (nSPS) is 16.0. The van der Waals surface area contributed by atoms with Crippen LogP contribution in [0.5, 0.6) is 5.75 Å². The number of nitrogens with one attached hydrogen (secondary N) is 1. The predicted molar refractivity (Wildman–Crippen MR) is 113 cm³/mol. The number of benzene rings is 2. The van der Waals surface area contributed by atoms with Gasteiger partial charge >= 0.3 is 6.18 Å². The van der Waals surface area contributed by atoms with Crippen molar-refractivity contribution in [3.63, 3.8) is 0 Å². The summed E-state index contributed by atoms with van der Waals surface area (Å²) < 4.78 is 71.5. The van der Waals surface area contributed by atoms with E-state index in [4.69, 9.17) is 4.74 Å². The Balaban J connectivity index is 1.54. The molecule has 0 aliphatic carbocycles. The van der Waals surface area contributed by atoms with Gasteiger partial charge < -0.3 is 10.1 Å². The van der Waals surface area contributed by atoms with E-state index in [0.717, 1.165) is 33.8 Å². The molecule has 2 aromatic carbocycles. The van der Waals surface area contributed by atoms with E-state index in [0.29, 0.717) is 13.0 Å². The molecular formula is C22H25F3N2O4S. The fourth-order valence-electron chi connectivity index (χ4n) is 3.69. The number of amides is 1. The summed E-state index contributed by atoms with van der Waals surface area (Å²) in [5.74, 6) is 0.193. The second-order valence-corrected chi connectivity index (χ2v) is 9.47. The molecule has 1 aliphatic rings. The Labute approximate surface area is 185 Å². The van der Waals surface area contributed by atoms with Crippen LogP contribution in [0, 0.1) is 5.92 Å². The monoisotopic (exact) mass is 470 g/mol. The standard InChI is InChI=1S/C22H25F3N2O4S/c1-31-18-8-6-16(7-9-18)10-13-26-21(28)17-11-14-27(15-12-17)32(29,30)20-5-3-2-4-19(20)22(23,24)25/h2-9,17H,10-15H2,1H3,(H,26,28). The van der Waals surface area contributed by atoms with Crippen molar-refractivity contribution in [1.82, 2.24) is 9.62 Å². The molecule has 1 amide bonds. The smallest absolute Gasteiger partial charge is 0.417 e. The van der Waals surface area contributed by atoms with E-state index < -0.39 is 26.7 Å². The summed E-state index contributed by atoms with van der Waals surface area (Å²) in [6, 6.07) is 11.6. The van der Waals surface area contributed by atoms with Crippen LogP contribution in [0.15, 0.2) is 53.4 Å². The van der Waals surface area contributed by atoms with E-state index in [9.17, 15) is 26.4 Å². The van der Waals surface area contributed by atoms with E-state index in [1.54, 1.807) is 7.11 Å². The van der Waals surface area contributed by atoms with Gasteiger partial charge in [-0.05, 0) is 49.1 Å². The zero-order valence-corrected chi connectivity index (χ0v) is 18.4. The third-order valence-electron chi connectivity index (χ3n) is 5.51. The highest BCUT2D eigenvalue weighted by Crippen LogP contribution is 2.36. The first-order chi connectivity index (χ1) is 15.1. The topological polar surface area (TPSA) is 75.7 Å². The highest BCUT2D eigenvalue weighted by molar-refractivity contribution is 7.89. The summed E-state index contributed by atoms with van der Waals surface area (Å²) in [5, 5.41) is 2.86. The molecule has 0 atom stereocenters. The Kier molecular flexibility index (Phi) is 7.45. The van der Waals surface area contributed by atoms with Crippen molar-refractivity contribution >= 4 is 15.9 Å². The van der Waals surface area contributed by atoms with E-state index in [-0.39, 0.29) is 37.8 Å². The van der Waals surface area contributed by atoms with Gasteiger partial charge in [0.25, 0.3) is 0 Å². The number of methoxy groups -OCH3 is 1. The second kappa shape index (κ2) is 9.91. The highest BCUT2D eigenvalue weighted by atomic mass is 32.2. The lowest BCUT2D eigenvalue weighted by Crippen LogP contribution is -2.43. The first-order valence-corrected chi connectivity index (χ1v) is 11.6. The zero-order chi connectivity index (χ0) is 23.4. The molecule has 0 unspecified atom stereocenters.